The Morgan fingerprint density at radius 1 is 1.09 bits per heavy atom. The maximum atomic E-state index is 12.0. The highest BCUT2D eigenvalue weighted by Crippen LogP contribution is 2.16. The molecule has 2 aromatic carbocycles. The predicted molar refractivity (Wildman–Crippen MR) is 92.6 cm³/mol. The van der Waals surface area contributed by atoms with E-state index in [4.69, 9.17) is 0 Å². The number of rotatable bonds is 6. The summed E-state index contributed by atoms with van der Waals surface area (Å²) in [7, 11) is 0. The maximum Gasteiger partial charge on any atom is 0.230 e. The van der Waals surface area contributed by atoms with Gasteiger partial charge in [0, 0.05) is 23.8 Å². The molecule has 23 heavy (non-hydrogen) atoms. The van der Waals surface area contributed by atoms with Gasteiger partial charge >= 0.3 is 0 Å². The van der Waals surface area contributed by atoms with Crippen molar-refractivity contribution >= 4 is 17.7 Å². The Hall–Kier alpha value is -2.53. The number of nitrogens with zero attached hydrogens (tertiary/aromatic N) is 2. The molecule has 0 fully saturated rings. The van der Waals surface area contributed by atoms with Crippen molar-refractivity contribution in [2.75, 3.05) is 5.75 Å². The quantitative estimate of drug-likeness (QED) is 0.708. The predicted octanol–water partition coefficient (Wildman–Crippen LogP) is 3.28. The number of nitrogens with one attached hydrogen (secondary N) is 1. The number of hydrogen-bond donors (Lipinski definition) is 1. The number of aromatic nitrogens is 2. The standard InChI is InChI=1S/C18H17N3OS/c22-18(14-23-17-8-2-1-3-9-17)19-13-15-6-4-7-16(12-15)21-11-5-10-20-21/h1-12H,13-14H2,(H,19,22). The van der Waals surface area contributed by atoms with Crippen molar-refractivity contribution in [3.63, 3.8) is 0 Å². The molecule has 116 valence electrons. The molecule has 0 atom stereocenters. The molecule has 4 nitrogen and oxygen atoms in total. The Morgan fingerprint density at radius 3 is 2.74 bits per heavy atom. The fourth-order valence-corrected chi connectivity index (χ4v) is 2.90. The van der Waals surface area contributed by atoms with Crippen molar-refractivity contribution in [1.29, 1.82) is 0 Å². The molecule has 0 unspecified atom stereocenters. The van der Waals surface area contributed by atoms with Crippen LogP contribution in [0.15, 0.2) is 78.0 Å². The van der Waals surface area contributed by atoms with Crippen molar-refractivity contribution in [2.24, 2.45) is 0 Å². The topological polar surface area (TPSA) is 46.9 Å². The minimum atomic E-state index is 0.0309. The van der Waals surface area contributed by atoms with Crippen LogP contribution in [0.25, 0.3) is 5.69 Å². The first-order valence-electron chi connectivity index (χ1n) is 7.35. The molecule has 3 aromatic rings. The zero-order valence-electron chi connectivity index (χ0n) is 12.6. The summed E-state index contributed by atoms with van der Waals surface area (Å²) in [5, 5.41) is 7.16. The smallest absolute Gasteiger partial charge is 0.230 e. The lowest BCUT2D eigenvalue weighted by atomic mass is 10.2. The molecule has 1 N–H and O–H groups in total. The average molecular weight is 323 g/mol. The second-order valence-corrected chi connectivity index (χ2v) is 6.05. The molecule has 0 saturated heterocycles. The first-order chi connectivity index (χ1) is 11.3. The minimum Gasteiger partial charge on any atom is -0.351 e. The minimum absolute atomic E-state index is 0.0309. The summed E-state index contributed by atoms with van der Waals surface area (Å²) in [4.78, 5) is 13.1. The van der Waals surface area contributed by atoms with Gasteiger partial charge in [-0.25, -0.2) is 4.68 Å². The lowest BCUT2D eigenvalue weighted by Gasteiger charge is -2.07. The molecular formula is C18H17N3OS. The van der Waals surface area contributed by atoms with Gasteiger partial charge in [0.2, 0.25) is 5.91 Å². The van der Waals surface area contributed by atoms with Gasteiger partial charge in [0.15, 0.2) is 0 Å². The van der Waals surface area contributed by atoms with E-state index in [-0.39, 0.29) is 5.91 Å². The number of thioether (sulfide) groups is 1. The summed E-state index contributed by atoms with van der Waals surface area (Å²) in [6.45, 7) is 0.517. The fraction of sp³-hybridized carbons (Fsp3) is 0.111. The molecule has 0 aliphatic heterocycles. The van der Waals surface area contributed by atoms with Crippen LogP contribution in [-0.4, -0.2) is 21.4 Å². The Bertz CT molecular complexity index is 757. The fourth-order valence-electron chi connectivity index (χ4n) is 2.15. The SMILES string of the molecule is O=C(CSc1ccccc1)NCc1cccc(-n2cccn2)c1. The van der Waals surface area contributed by atoms with Crippen LogP contribution in [-0.2, 0) is 11.3 Å². The second-order valence-electron chi connectivity index (χ2n) is 5.00. The second kappa shape index (κ2) is 7.65. The molecule has 0 bridgehead atoms. The molecule has 0 radical (unpaired) electrons. The van der Waals surface area contributed by atoms with Crippen LogP contribution in [0.3, 0.4) is 0 Å². The number of carbonyl (C=O) groups excluding carboxylic acids is 1. The Morgan fingerprint density at radius 2 is 1.96 bits per heavy atom. The summed E-state index contributed by atoms with van der Waals surface area (Å²) in [6, 6.07) is 19.8. The van der Waals surface area contributed by atoms with Crippen LogP contribution in [0.2, 0.25) is 0 Å². The molecule has 3 rings (SSSR count). The van der Waals surface area contributed by atoms with Gasteiger partial charge in [-0.3, -0.25) is 4.79 Å². The first-order valence-corrected chi connectivity index (χ1v) is 8.33. The maximum absolute atomic E-state index is 12.0. The van der Waals surface area contributed by atoms with Crippen LogP contribution < -0.4 is 5.32 Å². The highest BCUT2D eigenvalue weighted by molar-refractivity contribution is 8.00. The van der Waals surface area contributed by atoms with Crippen LogP contribution in [0.1, 0.15) is 5.56 Å². The van der Waals surface area contributed by atoms with Crippen molar-refractivity contribution in [1.82, 2.24) is 15.1 Å². The van der Waals surface area contributed by atoms with Gasteiger partial charge in [-0.2, -0.15) is 5.10 Å². The number of amides is 1. The molecule has 0 aliphatic carbocycles. The zero-order chi connectivity index (χ0) is 15.9. The third kappa shape index (κ3) is 4.47. The van der Waals surface area contributed by atoms with Crippen molar-refractivity contribution < 1.29 is 4.79 Å². The molecule has 1 aromatic heterocycles. The third-order valence-corrected chi connectivity index (χ3v) is 4.29. The molecule has 0 spiro atoms. The van der Waals surface area contributed by atoms with Crippen molar-refractivity contribution in [3.8, 4) is 5.69 Å². The van der Waals surface area contributed by atoms with E-state index < -0.39 is 0 Å². The lowest BCUT2D eigenvalue weighted by Crippen LogP contribution is -2.24. The highest BCUT2D eigenvalue weighted by Gasteiger charge is 2.04. The summed E-state index contributed by atoms with van der Waals surface area (Å²) < 4.78 is 1.80. The van der Waals surface area contributed by atoms with E-state index in [1.807, 2.05) is 66.9 Å². The van der Waals surface area contributed by atoms with E-state index in [1.54, 1.807) is 10.9 Å². The van der Waals surface area contributed by atoms with E-state index in [2.05, 4.69) is 10.4 Å². The molecule has 0 saturated carbocycles. The monoisotopic (exact) mass is 323 g/mol. The van der Waals surface area contributed by atoms with Gasteiger partial charge in [-0.05, 0) is 35.9 Å². The first kappa shape index (κ1) is 15.4. The van der Waals surface area contributed by atoms with Crippen molar-refractivity contribution in [3.05, 3.63) is 78.6 Å². The van der Waals surface area contributed by atoms with Crippen molar-refractivity contribution in [2.45, 2.75) is 11.4 Å². The Balaban J connectivity index is 1.52. The lowest BCUT2D eigenvalue weighted by molar-refractivity contribution is -0.118. The Kier molecular flexibility index (Phi) is 5.11. The van der Waals surface area contributed by atoms with E-state index in [1.165, 1.54) is 11.8 Å². The van der Waals surface area contributed by atoms with Gasteiger partial charge in [0.25, 0.3) is 0 Å². The van der Waals surface area contributed by atoms with Crippen LogP contribution in [0, 0.1) is 0 Å². The zero-order valence-corrected chi connectivity index (χ0v) is 13.4. The van der Waals surface area contributed by atoms with E-state index in [0.717, 1.165) is 16.1 Å². The number of benzene rings is 2. The summed E-state index contributed by atoms with van der Waals surface area (Å²) in [6.07, 6.45) is 3.64. The molecule has 1 amide bonds. The number of hydrogen-bond acceptors (Lipinski definition) is 3. The van der Waals surface area contributed by atoms with Gasteiger partial charge in [-0.15, -0.1) is 11.8 Å². The average Bonchev–Trinajstić information content (AvgIpc) is 3.14. The molecule has 0 aliphatic rings. The largest absolute Gasteiger partial charge is 0.351 e. The normalized spacial score (nSPS) is 10.4. The summed E-state index contributed by atoms with van der Waals surface area (Å²) in [5.41, 5.74) is 2.04. The highest BCUT2D eigenvalue weighted by atomic mass is 32.2. The van der Waals surface area contributed by atoms with E-state index in [9.17, 15) is 4.79 Å². The molecule has 5 heteroatoms. The van der Waals surface area contributed by atoms with Crippen LogP contribution >= 0.6 is 11.8 Å². The van der Waals surface area contributed by atoms with E-state index in [0.29, 0.717) is 12.3 Å². The van der Waals surface area contributed by atoms with Gasteiger partial charge in [0.1, 0.15) is 0 Å². The van der Waals surface area contributed by atoms with Gasteiger partial charge < -0.3 is 5.32 Å². The Labute approximate surface area is 139 Å². The molecule has 1 heterocycles. The van der Waals surface area contributed by atoms with Gasteiger partial charge in [-0.1, -0.05) is 30.3 Å². The molecular weight excluding hydrogens is 306 g/mol. The van der Waals surface area contributed by atoms with Gasteiger partial charge in [0.05, 0.1) is 11.4 Å². The van der Waals surface area contributed by atoms with E-state index >= 15 is 0 Å². The third-order valence-electron chi connectivity index (χ3n) is 3.28. The number of carbonyl (C=O) groups is 1. The summed E-state index contributed by atoms with van der Waals surface area (Å²) >= 11 is 1.54. The summed E-state index contributed by atoms with van der Waals surface area (Å²) in [5.74, 6) is 0.450. The van der Waals surface area contributed by atoms with Crippen LogP contribution in [0.4, 0.5) is 0 Å². The van der Waals surface area contributed by atoms with Crippen LogP contribution in [0.5, 0.6) is 0 Å².